The Balaban J connectivity index is 1.51. The van der Waals surface area contributed by atoms with E-state index in [1.165, 1.54) is 11.3 Å². The number of amides is 1. The molecule has 0 unspecified atom stereocenters. The first-order valence-corrected chi connectivity index (χ1v) is 8.53. The predicted molar refractivity (Wildman–Crippen MR) is 85.5 cm³/mol. The lowest BCUT2D eigenvalue weighted by Gasteiger charge is -2.30. The number of thiazole rings is 1. The lowest BCUT2D eigenvalue weighted by molar-refractivity contribution is 0.0705. The lowest BCUT2D eigenvalue weighted by Crippen LogP contribution is -2.38. The summed E-state index contributed by atoms with van der Waals surface area (Å²) in [5.74, 6) is 1.19. The molecule has 3 aromatic rings. The molecular weight excluding hydrogens is 312 g/mol. The third-order valence-corrected chi connectivity index (χ3v) is 4.81. The van der Waals surface area contributed by atoms with Crippen molar-refractivity contribution in [1.29, 1.82) is 0 Å². The highest BCUT2D eigenvalue weighted by Gasteiger charge is 2.28. The molecule has 7 nitrogen and oxygen atoms in total. The van der Waals surface area contributed by atoms with Crippen molar-refractivity contribution in [3.63, 3.8) is 0 Å². The summed E-state index contributed by atoms with van der Waals surface area (Å²) in [5.41, 5.74) is 3.94. The first-order chi connectivity index (χ1) is 11.2. The van der Waals surface area contributed by atoms with Crippen LogP contribution in [0.5, 0.6) is 0 Å². The first-order valence-electron chi connectivity index (χ1n) is 7.59. The number of fused-ring (bicyclic) bond motifs is 1. The molecule has 0 aromatic carbocycles. The molecule has 0 N–H and O–H groups in total. The van der Waals surface area contributed by atoms with Gasteiger partial charge in [-0.2, -0.15) is 9.61 Å². The maximum atomic E-state index is 12.3. The van der Waals surface area contributed by atoms with E-state index >= 15 is 0 Å². The standard InChI is InChI=1S/C15H16N6OS/c1-10-2-3-13-17-18-14(21(13)19-10)11-4-6-20(7-5-11)15(22)12-8-23-9-16-12/h2-3,8-9,11H,4-7H2,1H3. The molecule has 0 bridgehead atoms. The molecule has 4 rings (SSSR count). The zero-order chi connectivity index (χ0) is 15.8. The van der Waals surface area contributed by atoms with Gasteiger partial charge in [-0.15, -0.1) is 21.5 Å². The number of rotatable bonds is 2. The van der Waals surface area contributed by atoms with E-state index in [1.807, 2.05) is 28.5 Å². The monoisotopic (exact) mass is 328 g/mol. The second-order valence-corrected chi connectivity index (χ2v) is 6.46. The third kappa shape index (κ3) is 2.59. The van der Waals surface area contributed by atoms with Crippen LogP contribution >= 0.6 is 11.3 Å². The molecule has 0 atom stereocenters. The van der Waals surface area contributed by atoms with Gasteiger partial charge in [-0.3, -0.25) is 4.79 Å². The summed E-state index contributed by atoms with van der Waals surface area (Å²) in [5, 5.41) is 14.8. The quantitative estimate of drug-likeness (QED) is 0.718. The number of carbonyl (C=O) groups is 1. The number of hydrogen-bond acceptors (Lipinski definition) is 6. The summed E-state index contributed by atoms with van der Waals surface area (Å²) in [6, 6.07) is 3.86. The normalized spacial score (nSPS) is 16.1. The van der Waals surface area contributed by atoms with Crippen LogP contribution in [-0.2, 0) is 0 Å². The van der Waals surface area contributed by atoms with Crippen molar-refractivity contribution in [3.05, 3.63) is 40.2 Å². The van der Waals surface area contributed by atoms with E-state index in [-0.39, 0.29) is 11.8 Å². The largest absolute Gasteiger partial charge is 0.337 e. The SMILES string of the molecule is Cc1ccc2nnc(C3CCN(C(=O)c4cscn4)CC3)n2n1. The highest BCUT2D eigenvalue weighted by molar-refractivity contribution is 7.07. The Bertz CT molecular complexity index is 835. The van der Waals surface area contributed by atoms with E-state index in [0.717, 1.165) is 30.0 Å². The first kappa shape index (κ1) is 14.3. The Morgan fingerprint density at radius 3 is 2.83 bits per heavy atom. The minimum Gasteiger partial charge on any atom is -0.337 e. The van der Waals surface area contributed by atoms with Crippen LogP contribution in [0.4, 0.5) is 0 Å². The molecule has 0 aliphatic carbocycles. The fourth-order valence-electron chi connectivity index (χ4n) is 2.97. The molecule has 118 valence electrons. The van der Waals surface area contributed by atoms with Crippen LogP contribution < -0.4 is 0 Å². The number of aromatic nitrogens is 5. The van der Waals surface area contributed by atoms with Crippen molar-refractivity contribution in [2.24, 2.45) is 0 Å². The molecule has 0 saturated carbocycles. The van der Waals surface area contributed by atoms with Crippen LogP contribution in [0.2, 0.25) is 0 Å². The van der Waals surface area contributed by atoms with Gasteiger partial charge in [-0.25, -0.2) is 4.98 Å². The van der Waals surface area contributed by atoms with E-state index in [4.69, 9.17) is 0 Å². The summed E-state index contributed by atoms with van der Waals surface area (Å²) in [6.07, 6.45) is 1.73. The highest BCUT2D eigenvalue weighted by Crippen LogP contribution is 2.27. The summed E-state index contributed by atoms with van der Waals surface area (Å²) in [4.78, 5) is 18.3. The second kappa shape index (κ2) is 5.69. The van der Waals surface area contributed by atoms with Crippen molar-refractivity contribution in [2.45, 2.75) is 25.7 Å². The van der Waals surface area contributed by atoms with Crippen molar-refractivity contribution < 1.29 is 4.79 Å². The Morgan fingerprint density at radius 1 is 1.26 bits per heavy atom. The topological polar surface area (TPSA) is 76.3 Å². The van der Waals surface area contributed by atoms with Gasteiger partial charge in [0.15, 0.2) is 11.5 Å². The number of piperidine rings is 1. The molecule has 4 heterocycles. The van der Waals surface area contributed by atoms with Gasteiger partial charge in [0.05, 0.1) is 11.2 Å². The summed E-state index contributed by atoms with van der Waals surface area (Å²) >= 11 is 1.44. The summed E-state index contributed by atoms with van der Waals surface area (Å²) in [7, 11) is 0. The van der Waals surface area contributed by atoms with E-state index in [0.29, 0.717) is 18.8 Å². The van der Waals surface area contributed by atoms with Crippen molar-refractivity contribution in [2.75, 3.05) is 13.1 Å². The molecule has 0 radical (unpaired) electrons. The van der Waals surface area contributed by atoms with Crippen molar-refractivity contribution in [1.82, 2.24) is 29.7 Å². The highest BCUT2D eigenvalue weighted by atomic mass is 32.1. The maximum Gasteiger partial charge on any atom is 0.273 e. The zero-order valence-electron chi connectivity index (χ0n) is 12.7. The Hall–Kier alpha value is -2.35. The second-order valence-electron chi connectivity index (χ2n) is 5.74. The van der Waals surface area contributed by atoms with Crippen molar-refractivity contribution in [3.8, 4) is 0 Å². The Labute approximate surface area is 137 Å². The number of hydrogen-bond donors (Lipinski definition) is 0. The molecule has 3 aromatic heterocycles. The van der Waals surface area contributed by atoms with E-state index in [2.05, 4.69) is 20.3 Å². The Morgan fingerprint density at radius 2 is 2.09 bits per heavy atom. The molecule has 1 aliphatic heterocycles. The number of likely N-dealkylation sites (tertiary alicyclic amines) is 1. The molecule has 23 heavy (non-hydrogen) atoms. The van der Waals surface area contributed by atoms with Gasteiger partial charge in [0.25, 0.3) is 5.91 Å². The predicted octanol–water partition coefficient (Wildman–Crippen LogP) is 1.91. The minimum absolute atomic E-state index is 0.0183. The van der Waals surface area contributed by atoms with E-state index in [1.54, 1.807) is 10.9 Å². The molecule has 1 aliphatic rings. The van der Waals surface area contributed by atoms with Gasteiger partial charge in [0.1, 0.15) is 5.69 Å². The fraction of sp³-hybridized carbons (Fsp3) is 0.400. The zero-order valence-corrected chi connectivity index (χ0v) is 13.5. The fourth-order valence-corrected chi connectivity index (χ4v) is 3.50. The third-order valence-electron chi connectivity index (χ3n) is 4.22. The van der Waals surface area contributed by atoms with Crippen LogP contribution in [0, 0.1) is 6.92 Å². The van der Waals surface area contributed by atoms with Crippen LogP contribution in [-0.4, -0.2) is 48.7 Å². The number of carbonyl (C=O) groups excluding carboxylic acids is 1. The summed E-state index contributed by atoms with van der Waals surface area (Å²) < 4.78 is 1.83. The van der Waals surface area contributed by atoms with Crippen LogP contribution in [0.25, 0.3) is 5.65 Å². The maximum absolute atomic E-state index is 12.3. The minimum atomic E-state index is 0.0183. The molecule has 0 spiro atoms. The van der Waals surface area contributed by atoms with Gasteiger partial charge < -0.3 is 4.90 Å². The van der Waals surface area contributed by atoms with Gasteiger partial charge in [0.2, 0.25) is 0 Å². The van der Waals surface area contributed by atoms with E-state index in [9.17, 15) is 4.79 Å². The molecule has 1 amide bonds. The van der Waals surface area contributed by atoms with Gasteiger partial charge >= 0.3 is 0 Å². The van der Waals surface area contributed by atoms with Gasteiger partial charge in [-0.05, 0) is 31.9 Å². The summed E-state index contributed by atoms with van der Waals surface area (Å²) in [6.45, 7) is 3.38. The molecule has 8 heteroatoms. The smallest absolute Gasteiger partial charge is 0.273 e. The molecule has 1 fully saturated rings. The van der Waals surface area contributed by atoms with Crippen LogP contribution in [0.15, 0.2) is 23.0 Å². The van der Waals surface area contributed by atoms with Crippen LogP contribution in [0.1, 0.15) is 40.8 Å². The van der Waals surface area contributed by atoms with Crippen LogP contribution in [0.3, 0.4) is 0 Å². The number of nitrogens with zero attached hydrogens (tertiary/aromatic N) is 6. The molecule has 1 saturated heterocycles. The van der Waals surface area contributed by atoms with E-state index < -0.39 is 0 Å². The molecular formula is C15H16N6OS. The lowest BCUT2D eigenvalue weighted by atomic mass is 9.96. The van der Waals surface area contributed by atoms with Gasteiger partial charge in [0, 0.05) is 24.4 Å². The number of aryl methyl sites for hydroxylation is 1. The van der Waals surface area contributed by atoms with Gasteiger partial charge in [-0.1, -0.05) is 0 Å². The van der Waals surface area contributed by atoms with Crippen molar-refractivity contribution >= 4 is 22.9 Å². The average Bonchev–Trinajstić information content (AvgIpc) is 3.24. The Kier molecular flexibility index (Phi) is 3.53. The average molecular weight is 328 g/mol.